The molecule has 188 valence electrons. The Morgan fingerprint density at radius 3 is 0.971 bits per heavy atom. The Balaban J connectivity index is 1.49. The third-order valence-electron chi connectivity index (χ3n) is 7.44. The van der Waals surface area contributed by atoms with Gasteiger partial charge in [-0.05, 0) is 49.2 Å². The summed E-state index contributed by atoms with van der Waals surface area (Å²) in [5.41, 5.74) is 0. The van der Waals surface area contributed by atoms with Crippen molar-refractivity contribution >= 4 is 23.2 Å². The lowest BCUT2D eigenvalue weighted by Gasteiger charge is -2.27. The van der Waals surface area contributed by atoms with Crippen molar-refractivity contribution in [3.63, 3.8) is 0 Å². The van der Waals surface area contributed by atoms with Crippen molar-refractivity contribution in [3.05, 3.63) is 91.0 Å². The van der Waals surface area contributed by atoms with Crippen molar-refractivity contribution in [2.24, 2.45) is 0 Å². The molecular formula is C34H48P+. The van der Waals surface area contributed by atoms with Gasteiger partial charge in [0.15, 0.2) is 0 Å². The van der Waals surface area contributed by atoms with Crippen molar-refractivity contribution in [2.75, 3.05) is 6.16 Å². The third kappa shape index (κ3) is 8.91. The Morgan fingerprint density at radius 1 is 0.371 bits per heavy atom. The number of rotatable bonds is 18. The van der Waals surface area contributed by atoms with Crippen LogP contribution in [0.1, 0.15) is 96.8 Å². The van der Waals surface area contributed by atoms with Gasteiger partial charge < -0.3 is 0 Å². The quantitative estimate of drug-likeness (QED) is 0.124. The first-order valence-electron chi connectivity index (χ1n) is 14.4. The van der Waals surface area contributed by atoms with Crippen molar-refractivity contribution in [2.45, 2.75) is 96.8 Å². The lowest BCUT2D eigenvalue weighted by Crippen LogP contribution is -2.33. The highest BCUT2D eigenvalue weighted by molar-refractivity contribution is 7.95. The second-order valence-electron chi connectivity index (χ2n) is 10.1. The van der Waals surface area contributed by atoms with Gasteiger partial charge in [-0.1, -0.05) is 139 Å². The van der Waals surface area contributed by atoms with Gasteiger partial charge in [0.1, 0.15) is 23.2 Å². The molecule has 3 aromatic rings. The summed E-state index contributed by atoms with van der Waals surface area (Å²) in [5, 5.41) is 4.56. The predicted octanol–water partition coefficient (Wildman–Crippen LogP) is 9.46. The van der Waals surface area contributed by atoms with Crippen LogP contribution >= 0.6 is 7.26 Å². The van der Waals surface area contributed by atoms with Gasteiger partial charge in [0.2, 0.25) is 0 Å². The highest BCUT2D eigenvalue weighted by atomic mass is 31.2. The molecule has 3 aromatic carbocycles. The predicted molar refractivity (Wildman–Crippen MR) is 160 cm³/mol. The largest absolute Gasteiger partial charge is 0.112 e. The zero-order valence-corrected chi connectivity index (χ0v) is 23.1. The number of unbranched alkanes of at least 4 members (excludes halogenated alkanes) is 13. The molecule has 0 aliphatic heterocycles. The van der Waals surface area contributed by atoms with Crippen LogP contribution in [-0.4, -0.2) is 6.16 Å². The van der Waals surface area contributed by atoms with Gasteiger partial charge in [0.25, 0.3) is 0 Å². The molecule has 0 saturated heterocycles. The van der Waals surface area contributed by atoms with E-state index < -0.39 is 7.26 Å². The number of hydrogen-bond donors (Lipinski definition) is 0. The molecule has 0 aromatic heterocycles. The molecule has 0 unspecified atom stereocenters. The smallest absolute Gasteiger partial charge is 0.0654 e. The van der Waals surface area contributed by atoms with E-state index in [4.69, 9.17) is 0 Å². The van der Waals surface area contributed by atoms with Gasteiger partial charge in [0.05, 0.1) is 6.16 Å². The summed E-state index contributed by atoms with van der Waals surface area (Å²) >= 11 is 0. The Labute approximate surface area is 216 Å². The Morgan fingerprint density at radius 2 is 0.657 bits per heavy atom. The molecule has 0 bridgehead atoms. The fraction of sp³-hybridized carbons (Fsp3) is 0.471. The maximum Gasteiger partial charge on any atom is 0.112 e. The van der Waals surface area contributed by atoms with Crippen molar-refractivity contribution in [1.82, 2.24) is 0 Å². The van der Waals surface area contributed by atoms with E-state index in [1.165, 1.54) is 112 Å². The summed E-state index contributed by atoms with van der Waals surface area (Å²) < 4.78 is 0. The van der Waals surface area contributed by atoms with Crippen LogP contribution in [0.2, 0.25) is 0 Å². The van der Waals surface area contributed by atoms with E-state index in [0.29, 0.717) is 0 Å². The minimum atomic E-state index is -1.64. The van der Waals surface area contributed by atoms with Crippen LogP contribution in [0.15, 0.2) is 91.0 Å². The molecule has 0 spiro atoms. The Bertz CT molecular complexity index is 791. The minimum Gasteiger partial charge on any atom is -0.0654 e. The minimum absolute atomic E-state index is 1.27. The van der Waals surface area contributed by atoms with Crippen molar-refractivity contribution in [3.8, 4) is 0 Å². The molecule has 0 N–H and O–H groups in total. The van der Waals surface area contributed by atoms with Gasteiger partial charge in [0, 0.05) is 0 Å². The summed E-state index contributed by atoms with van der Waals surface area (Å²) in [4.78, 5) is 0. The zero-order chi connectivity index (χ0) is 24.4. The van der Waals surface area contributed by atoms with E-state index in [1.807, 2.05) is 0 Å². The molecule has 0 atom stereocenters. The van der Waals surface area contributed by atoms with Crippen LogP contribution in [0.5, 0.6) is 0 Å². The molecule has 3 rings (SSSR count). The average molecular weight is 488 g/mol. The van der Waals surface area contributed by atoms with Crippen LogP contribution in [0, 0.1) is 0 Å². The maximum absolute atomic E-state index is 2.37. The zero-order valence-electron chi connectivity index (χ0n) is 22.2. The lowest BCUT2D eigenvalue weighted by atomic mass is 10.0. The van der Waals surface area contributed by atoms with Crippen LogP contribution in [-0.2, 0) is 0 Å². The van der Waals surface area contributed by atoms with E-state index in [-0.39, 0.29) is 0 Å². The summed E-state index contributed by atoms with van der Waals surface area (Å²) in [7, 11) is -1.64. The first kappa shape index (κ1) is 27.7. The van der Waals surface area contributed by atoms with Crippen molar-refractivity contribution < 1.29 is 0 Å². The lowest BCUT2D eigenvalue weighted by molar-refractivity contribution is 0.538. The Hall–Kier alpha value is -1.91. The molecule has 35 heavy (non-hydrogen) atoms. The fourth-order valence-electron chi connectivity index (χ4n) is 5.43. The molecule has 0 aliphatic rings. The third-order valence-corrected chi connectivity index (χ3v) is 12.0. The van der Waals surface area contributed by atoms with Crippen LogP contribution < -0.4 is 15.9 Å². The summed E-state index contributed by atoms with van der Waals surface area (Å²) in [5.74, 6) is 0. The first-order chi connectivity index (χ1) is 17.4. The van der Waals surface area contributed by atoms with Gasteiger partial charge in [-0.2, -0.15) is 0 Å². The SMILES string of the molecule is CCCCCCCCCCCCCCCC[P+](c1ccccc1)(c1ccccc1)c1ccccc1. The van der Waals surface area contributed by atoms with Crippen LogP contribution in [0.3, 0.4) is 0 Å². The second-order valence-corrected chi connectivity index (χ2v) is 13.8. The van der Waals surface area contributed by atoms with Gasteiger partial charge in [-0.3, -0.25) is 0 Å². The van der Waals surface area contributed by atoms with E-state index in [1.54, 1.807) is 0 Å². The van der Waals surface area contributed by atoms with E-state index in [2.05, 4.69) is 97.9 Å². The van der Waals surface area contributed by atoms with Crippen LogP contribution in [0.25, 0.3) is 0 Å². The van der Waals surface area contributed by atoms with Gasteiger partial charge in [-0.15, -0.1) is 0 Å². The van der Waals surface area contributed by atoms with E-state index in [9.17, 15) is 0 Å². The summed E-state index contributed by atoms with van der Waals surface area (Å²) in [6.07, 6.45) is 21.0. The highest BCUT2D eigenvalue weighted by Gasteiger charge is 2.44. The average Bonchev–Trinajstić information content (AvgIpc) is 2.93. The first-order valence-corrected chi connectivity index (χ1v) is 16.4. The fourth-order valence-corrected chi connectivity index (χ4v) is 9.84. The monoisotopic (exact) mass is 487 g/mol. The highest BCUT2D eigenvalue weighted by Crippen LogP contribution is 2.56. The van der Waals surface area contributed by atoms with Gasteiger partial charge in [-0.25, -0.2) is 0 Å². The maximum atomic E-state index is 2.37. The molecule has 1 heteroatoms. The number of hydrogen-bond acceptors (Lipinski definition) is 0. The molecule has 0 radical (unpaired) electrons. The number of benzene rings is 3. The second kappa shape index (κ2) is 16.7. The van der Waals surface area contributed by atoms with Crippen molar-refractivity contribution in [1.29, 1.82) is 0 Å². The molecule has 0 heterocycles. The standard InChI is InChI=1S/C34H48P/c1-2-3-4-5-6-7-8-9-10-11-12-13-14-24-31-35(32-25-18-15-19-26-32,33-27-20-16-21-28-33)34-29-22-17-23-30-34/h15-23,25-30H,2-14,24,31H2,1H3/q+1. The molecule has 0 nitrogen and oxygen atoms in total. The molecule has 0 amide bonds. The van der Waals surface area contributed by atoms with E-state index >= 15 is 0 Å². The van der Waals surface area contributed by atoms with Crippen LogP contribution in [0.4, 0.5) is 0 Å². The topological polar surface area (TPSA) is 0 Å². The molecular weight excluding hydrogens is 439 g/mol. The van der Waals surface area contributed by atoms with Gasteiger partial charge >= 0.3 is 0 Å². The molecule has 0 aliphatic carbocycles. The summed E-state index contributed by atoms with van der Waals surface area (Å²) in [6.45, 7) is 2.30. The molecule has 0 saturated carbocycles. The molecule has 0 fully saturated rings. The normalized spacial score (nSPS) is 11.6. The Kier molecular flexibility index (Phi) is 13.2. The summed E-state index contributed by atoms with van der Waals surface area (Å²) in [6, 6.07) is 34.0. The van der Waals surface area contributed by atoms with E-state index in [0.717, 1.165) is 0 Å².